The van der Waals surface area contributed by atoms with E-state index in [9.17, 15) is 19.6 Å². The minimum atomic E-state index is -1.02. The van der Waals surface area contributed by atoms with E-state index in [0.29, 0.717) is 38.1 Å². The van der Waals surface area contributed by atoms with Gasteiger partial charge in [0.05, 0.1) is 28.2 Å². The fourth-order valence-electron chi connectivity index (χ4n) is 5.36. The SMILES string of the molecule is Cc1ncsc1-c1ccc([C@H](CC(C)C)NC(=O)C2CCCN2C(=O)[C@@H](NC(=O)C2(C#N)CC2)C(C)(C)C)cc1. The lowest BCUT2D eigenvalue weighted by atomic mass is 9.85. The van der Waals surface area contributed by atoms with Crippen molar-refractivity contribution in [3.05, 3.63) is 41.0 Å². The highest BCUT2D eigenvalue weighted by Gasteiger charge is 2.53. The van der Waals surface area contributed by atoms with E-state index in [1.165, 1.54) is 0 Å². The Labute approximate surface area is 241 Å². The Balaban J connectivity index is 1.50. The summed E-state index contributed by atoms with van der Waals surface area (Å²) in [4.78, 5) is 47.5. The minimum absolute atomic E-state index is 0.173. The Morgan fingerprint density at radius 3 is 2.38 bits per heavy atom. The number of carbonyl (C=O) groups is 3. The van der Waals surface area contributed by atoms with Gasteiger partial charge in [0.2, 0.25) is 17.7 Å². The molecule has 1 unspecified atom stereocenters. The van der Waals surface area contributed by atoms with Crippen molar-refractivity contribution in [1.29, 1.82) is 5.26 Å². The standard InChI is InChI=1S/C31H41N5O3S/c1-19(2)16-23(21-9-11-22(12-10-21)25-20(3)33-18-40-25)34-27(37)24-8-7-15-36(24)28(38)26(30(4,5)6)35-29(39)31(17-32)13-14-31/h9-12,18-19,23-24,26H,7-8,13-16H2,1-6H3,(H,34,37)(H,35,39)/t23-,24?,26+/m0/s1. The normalized spacial score (nSPS) is 19.6. The minimum Gasteiger partial charge on any atom is -0.347 e. The van der Waals surface area contributed by atoms with Gasteiger partial charge in [0.15, 0.2) is 0 Å². The van der Waals surface area contributed by atoms with Crippen LogP contribution in [-0.2, 0) is 14.4 Å². The fourth-order valence-corrected chi connectivity index (χ4v) is 6.18. The Morgan fingerprint density at radius 2 is 1.85 bits per heavy atom. The average Bonchev–Trinajstić information content (AvgIpc) is 3.33. The van der Waals surface area contributed by atoms with E-state index in [4.69, 9.17) is 0 Å². The van der Waals surface area contributed by atoms with Crippen LogP contribution in [-0.4, -0.2) is 46.2 Å². The van der Waals surface area contributed by atoms with Crippen molar-refractivity contribution in [3.63, 3.8) is 0 Å². The van der Waals surface area contributed by atoms with Gasteiger partial charge in [-0.2, -0.15) is 5.26 Å². The van der Waals surface area contributed by atoms with Gasteiger partial charge in [0.1, 0.15) is 17.5 Å². The van der Waals surface area contributed by atoms with Crippen LogP contribution < -0.4 is 10.6 Å². The van der Waals surface area contributed by atoms with Gasteiger partial charge in [-0.05, 0) is 61.5 Å². The number of aryl methyl sites for hydroxylation is 1. The molecule has 40 heavy (non-hydrogen) atoms. The second kappa shape index (κ2) is 11.7. The Hall–Kier alpha value is -3.25. The Morgan fingerprint density at radius 1 is 1.18 bits per heavy atom. The number of rotatable bonds is 9. The maximum Gasteiger partial charge on any atom is 0.246 e. The molecule has 0 spiro atoms. The fraction of sp³-hybridized carbons (Fsp3) is 0.581. The molecular formula is C31H41N5O3S. The second-order valence-corrected chi connectivity index (χ2v) is 13.6. The summed E-state index contributed by atoms with van der Waals surface area (Å²) in [5.74, 6) is -0.478. The lowest BCUT2D eigenvalue weighted by molar-refractivity contribution is -0.144. The van der Waals surface area contributed by atoms with Crippen LogP contribution in [0.25, 0.3) is 10.4 Å². The number of thiazole rings is 1. The molecule has 8 nitrogen and oxygen atoms in total. The number of benzene rings is 1. The van der Waals surface area contributed by atoms with Gasteiger partial charge in [-0.3, -0.25) is 14.4 Å². The zero-order valence-electron chi connectivity index (χ0n) is 24.4. The van der Waals surface area contributed by atoms with Crippen molar-refractivity contribution in [1.82, 2.24) is 20.5 Å². The summed E-state index contributed by atoms with van der Waals surface area (Å²) < 4.78 is 0. The highest BCUT2D eigenvalue weighted by atomic mass is 32.1. The van der Waals surface area contributed by atoms with Crippen molar-refractivity contribution < 1.29 is 14.4 Å². The van der Waals surface area contributed by atoms with Crippen LogP contribution >= 0.6 is 11.3 Å². The molecular weight excluding hydrogens is 522 g/mol. The van der Waals surface area contributed by atoms with Gasteiger partial charge in [0, 0.05) is 6.54 Å². The molecule has 3 amide bonds. The highest BCUT2D eigenvalue weighted by Crippen LogP contribution is 2.45. The lowest BCUT2D eigenvalue weighted by Gasteiger charge is -2.36. The molecule has 1 saturated carbocycles. The molecule has 2 aliphatic rings. The molecule has 2 fully saturated rings. The van der Waals surface area contributed by atoms with Gasteiger partial charge in [-0.15, -0.1) is 11.3 Å². The van der Waals surface area contributed by atoms with Gasteiger partial charge < -0.3 is 15.5 Å². The number of nitrogens with one attached hydrogen (secondary N) is 2. The summed E-state index contributed by atoms with van der Waals surface area (Å²) in [7, 11) is 0. The first kappa shape index (κ1) is 29.7. The van der Waals surface area contributed by atoms with E-state index in [2.05, 4.69) is 59.8 Å². The number of nitrogens with zero attached hydrogens (tertiary/aromatic N) is 3. The summed E-state index contributed by atoms with van der Waals surface area (Å²) in [6.45, 7) is 12.4. The van der Waals surface area contributed by atoms with E-state index >= 15 is 0 Å². The molecule has 1 aliphatic heterocycles. The first-order chi connectivity index (χ1) is 18.9. The van der Waals surface area contributed by atoms with Crippen molar-refractivity contribution in [2.24, 2.45) is 16.7 Å². The number of amides is 3. The predicted molar refractivity (Wildman–Crippen MR) is 156 cm³/mol. The van der Waals surface area contributed by atoms with Crippen LogP contribution in [0.4, 0.5) is 0 Å². The molecule has 9 heteroatoms. The number of carbonyl (C=O) groups excluding carboxylic acids is 3. The molecule has 0 bridgehead atoms. The second-order valence-electron chi connectivity index (χ2n) is 12.7. The number of hydrogen-bond acceptors (Lipinski definition) is 6. The zero-order valence-corrected chi connectivity index (χ0v) is 25.2. The molecule has 3 atom stereocenters. The lowest BCUT2D eigenvalue weighted by Crippen LogP contribution is -2.58. The van der Waals surface area contributed by atoms with Crippen LogP contribution in [0.2, 0.25) is 0 Å². The highest BCUT2D eigenvalue weighted by molar-refractivity contribution is 7.13. The van der Waals surface area contributed by atoms with E-state index < -0.39 is 28.8 Å². The Bertz CT molecular complexity index is 1280. The monoisotopic (exact) mass is 563 g/mol. The third-order valence-corrected chi connectivity index (χ3v) is 8.95. The topological polar surface area (TPSA) is 115 Å². The molecule has 2 N–H and O–H groups in total. The largest absolute Gasteiger partial charge is 0.347 e. The first-order valence-electron chi connectivity index (χ1n) is 14.2. The van der Waals surface area contributed by atoms with E-state index in [-0.39, 0.29) is 17.9 Å². The van der Waals surface area contributed by atoms with Crippen LogP contribution in [0.3, 0.4) is 0 Å². The number of nitriles is 1. The van der Waals surface area contributed by atoms with Gasteiger partial charge in [0.25, 0.3) is 0 Å². The number of aromatic nitrogens is 1. The van der Waals surface area contributed by atoms with Gasteiger partial charge >= 0.3 is 0 Å². The third kappa shape index (κ3) is 6.38. The maximum atomic E-state index is 13.8. The number of likely N-dealkylation sites (tertiary alicyclic amines) is 1. The molecule has 1 aliphatic carbocycles. The third-order valence-electron chi connectivity index (χ3n) is 7.97. The number of hydrogen-bond donors (Lipinski definition) is 2. The Kier molecular flexibility index (Phi) is 8.69. The predicted octanol–water partition coefficient (Wildman–Crippen LogP) is 5.15. The van der Waals surface area contributed by atoms with Crippen molar-refractivity contribution in [3.8, 4) is 16.5 Å². The summed E-state index contributed by atoms with van der Waals surface area (Å²) >= 11 is 1.61. The molecule has 214 valence electrons. The zero-order chi connectivity index (χ0) is 29.2. The van der Waals surface area contributed by atoms with Crippen LogP contribution in [0, 0.1) is 35.0 Å². The van der Waals surface area contributed by atoms with Crippen LogP contribution in [0.15, 0.2) is 29.8 Å². The summed E-state index contributed by atoms with van der Waals surface area (Å²) in [5.41, 5.74) is 3.36. The van der Waals surface area contributed by atoms with E-state index in [1.807, 2.05) is 33.2 Å². The van der Waals surface area contributed by atoms with Crippen molar-refractivity contribution in [2.45, 2.75) is 91.8 Å². The van der Waals surface area contributed by atoms with Crippen LogP contribution in [0.5, 0.6) is 0 Å². The van der Waals surface area contributed by atoms with Gasteiger partial charge in [-0.1, -0.05) is 58.9 Å². The smallest absolute Gasteiger partial charge is 0.246 e. The van der Waals surface area contributed by atoms with E-state index in [0.717, 1.165) is 28.1 Å². The molecule has 0 radical (unpaired) electrons. The summed E-state index contributed by atoms with van der Waals surface area (Å²) in [6, 6.07) is 8.76. The molecule has 1 saturated heterocycles. The quantitative estimate of drug-likeness (QED) is 0.438. The summed E-state index contributed by atoms with van der Waals surface area (Å²) in [5, 5.41) is 15.6. The van der Waals surface area contributed by atoms with Crippen LogP contribution in [0.1, 0.15) is 84.0 Å². The summed E-state index contributed by atoms with van der Waals surface area (Å²) in [6.07, 6.45) is 3.08. The molecule has 1 aromatic carbocycles. The molecule has 1 aromatic heterocycles. The van der Waals surface area contributed by atoms with Crippen molar-refractivity contribution >= 4 is 29.1 Å². The average molecular weight is 564 g/mol. The van der Waals surface area contributed by atoms with E-state index in [1.54, 1.807) is 16.2 Å². The molecule has 4 rings (SSSR count). The molecule has 2 aromatic rings. The van der Waals surface area contributed by atoms with Crippen molar-refractivity contribution in [2.75, 3.05) is 6.54 Å². The van der Waals surface area contributed by atoms with Gasteiger partial charge in [-0.25, -0.2) is 4.98 Å². The maximum absolute atomic E-state index is 13.8. The molecule has 2 heterocycles. The first-order valence-corrected chi connectivity index (χ1v) is 15.1.